The molecule has 0 radical (unpaired) electrons. The van der Waals surface area contributed by atoms with Crippen LogP contribution in [0.15, 0.2) is 36.4 Å². The van der Waals surface area contributed by atoms with Gasteiger partial charge in [0.1, 0.15) is 0 Å². The number of fused-ring (bicyclic) bond motifs is 1. The van der Waals surface area contributed by atoms with Crippen molar-refractivity contribution in [1.82, 2.24) is 0 Å². The number of hydrogen-bond acceptors (Lipinski definition) is 5. The maximum Gasteiger partial charge on any atom is 0.310 e. The van der Waals surface area contributed by atoms with E-state index >= 15 is 0 Å². The maximum atomic E-state index is 13.3. The molecule has 1 fully saturated rings. The summed E-state index contributed by atoms with van der Waals surface area (Å²) in [4.78, 5) is 40.5. The Morgan fingerprint density at radius 3 is 2.59 bits per heavy atom. The minimum Gasteiger partial charge on any atom is -0.457 e. The van der Waals surface area contributed by atoms with E-state index in [1.165, 1.54) is 0 Å². The van der Waals surface area contributed by atoms with Crippen LogP contribution in [0, 0.1) is 11.8 Å². The molecule has 1 aliphatic heterocycles. The van der Waals surface area contributed by atoms with Crippen LogP contribution in [-0.2, 0) is 20.7 Å². The number of carbonyl (C=O) groups excluding carboxylic acids is 3. The van der Waals surface area contributed by atoms with E-state index in [0.29, 0.717) is 28.6 Å². The van der Waals surface area contributed by atoms with E-state index < -0.39 is 17.8 Å². The monoisotopic (exact) mass is 431 g/mol. The zero-order valence-corrected chi connectivity index (χ0v) is 17.5. The van der Waals surface area contributed by atoms with Crippen molar-refractivity contribution < 1.29 is 19.1 Å². The number of ketones is 1. The Hall–Kier alpha value is -2.18. The highest BCUT2D eigenvalue weighted by atomic mass is 35.5. The molecule has 0 N–H and O–H groups in total. The summed E-state index contributed by atoms with van der Waals surface area (Å²) in [6.45, 7) is 0.327. The summed E-state index contributed by atoms with van der Waals surface area (Å²) in [5.74, 6) is -1.63. The quantitative estimate of drug-likeness (QED) is 0.515. The lowest BCUT2D eigenvalue weighted by Crippen LogP contribution is -2.42. The van der Waals surface area contributed by atoms with Crippen molar-refractivity contribution in [2.45, 2.75) is 32.1 Å². The molecule has 1 aromatic heterocycles. The number of para-hydroxylation sites is 1. The summed E-state index contributed by atoms with van der Waals surface area (Å²) in [6, 6.07) is 11.2. The molecule has 2 aliphatic rings. The number of hydrogen-bond donors (Lipinski definition) is 0. The fourth-order valence-electron chi connectivity index (χ4n) is 4.25. The van der Waals surface area contributed by atoms with Crippen LogP contribution in [0.2, 0.25) is 4.34 Å². The molecular formula is C22H22ClNO4S. The first-order valence-electron chi connectivity index (χ1n) is 9.89. The first-order chi connectivity index (χ1) is 14.0. The van der Waals surface area contributed by atoms with Crippen molar-refractivity contribution in [3.8, 4) is 0 Å². The van der Waals surface area contributed by atoms with Gasteiger partial charge >= 0.3 is 5.97 Å². The molecule has 0 spiro atoms. The Balaban J connectivity index is 1.42. The topological polar surface area (TPSA) is 63.7 Å². The summed E-state index contributed by atoms with van der Waals surface area (Å²) in [5, 5.41) is 0. The van der Waals surface area contributed by atoms with Gasteiger partial charge < -0.3 is 9.64 Å². The molecule has 0 unspecified atom stereocenters. The van der Waals surface area contributed by atoms with E-state index in [1.54, 1.807) is 12.1 Å². The molecule has 7 heteroatoms. The number of ether oxygens (including phenoxy) is 1. The fourth-order valence-corrected chi connectivity index (χ4v) is 5.22. The third-order valence-corrected chi connectivity index (χ3v) is 7.00. The number of esters is 1. The van der Waals surface area contributed by atoms with Crippen LogP contribution in [0.25, 0.3) is 0 Å². The number of benzene rings is 1. The van der Waals surface area contributed by atoms with Crippen LogP contribution in [0.1, 0.15) is 40.9 Å². The first-order valence-corrected chi connectivity index (χ1v) is 11.1. The van der Waals surface area contributed by atoms with Gasteiger partial charge in [-0.1, -0.05) is 42.6 Å². The highest BCUT2D eigenvalue weighted by Gasteiger charge is 2.40. The molecule has 1 saturated carbocycles. The second kappa shape index (κ2) is 8.67. The van der Waals surface area contributed by atoms with Gasteiger partial charge in [-0.15, -0.1) is 11.3 Å². The van der Waals surface area contributed by atoms with E-state index in [9.17, 15) is 14.4 Å². The Kier molecular flexibility index (Phi) is 6.01. The normalized spacial score (nSPS) is 20.9. The number of thiophene rings is 1. The van der Waals surface area contributed by atoms with Gasteiger partial charge in [-0.05, 0) is 43.0 Å². The molecular weight excluding hydrogens is 410 g/mol. The predicted molar refractivity (Wildman–Crippen MR) is 113 cm³/mol. The van der Waals surface area contributed by atoms with Crippen molar-refractivity contribution in [2.24, 2.45) is 11.8 Å². The molecule has 2 atom stereocenters. The summed E-state index contributed by atoms with van der Waals surface area (Å²) < 4.78 is 5.84. The highest BCUT2D eigenvalue weighted by Crippen LogP contribution is 2.36. The van der Waals surface area contributed by atoms with Crippen LogP contribution in [0.4, 0.5) is 5.69 Å². The Morgan fingerprint density at radius 1 is 1.07 bits per heavy atom. The maximum absolute atomic E-state index is 13.3. The van der Waals surface area contributed by atoms with Crippen LogP contribution in [-0.4, -0.2) is 30.8 Å². The van der Waals surface area contributed by atoms with Gasteiger partial charge in [-0.3, -0.25) is 14.4 Å². The first kappa shape index (κ1) is 20.1. The highest BCUT2D eigenvalue weighted by molar-refractivity contribution is 7.18. The second-order valence-electron chi connectivity index (χ2n) is 7.50. The van der Waals surface area contributed by atoms with E-state index in [0.717, 1.165) is 41.9 Å². The van der Waals surface area contributed by atoms with E-state index in [2.05, 4.69) is 0 Å². The van der Waals surface area contributed by atoms with E-state index in [1.807, 2.05) is 29.2 Å². The number of amides is 1. The van der Waals surface area contributed by atoms with E-state index in [4.69, 9.17) is 16.3 Å². The molecule has 5 nitrogen and oxygen atoms in total. The zero-order chi connectivity index (χ0) is 20.4. The van der Waals surface area contributed by atoms with Crippen molar-refractivity contribution in [3.63, 3.8) is 0 Å². The fraction of sp³-hybridized carbons (Fsp3) is 0.409. The molecule has 2 heterocycles. The van der Waals surface area contributed by atoms with Crippen molar-refractivity contribution in [1.29, 1.82) is 0 Å². The molecule has 2 aromatic rings. The third kappa shape index (κ3) is 4.23. The zero-order valence-electron chi connectivity index (χ0n) is 15.9. The van der Waals surface area contributed by atoms with Crippen LogP contribution in [0.3, 0.4) is 0 Å². The SMILES string of the molecule is O=C(COC(=O)[C@@H]1CCCC[C@@H]1C(=O)N1CCc2ccccc21)c1ccc(Cl)s1. The van der Waals surface area contributed by atoms with Gasteiger partial charge in [0.15, 0.2) is 6.61 Å². The molecule has 29 heavy (non-hydrogen) atoms. The van der Waals surface area contributed by atoms with Gasteiger partial charge in [0.25, 0.3) is 0 Å². The van der Waals surface area contributed by atoms with Crippen molar-refractivity contribution in [3.05, 3.63) is 51.2 Å². The van der Waals surface area contributed by atoms with E-state index in [-0.39, 0.29) is 18.3 Å². The van der Waals surface area contributed by atoms with Gasteiger partial charge in [-0.25, -0.2) is 0 Å². The Morgan fingerprint density at radius 2 is 1.83 bits per heavy atom. The number of rotatable bonds is 5. The Bertz CT molecular complexity index is 940. The standard InChI is InChI=1S/C22H22ClNO4S/c23-20-10-9-19(29-20)18(25)13-28-22(27)16-7-3-2-6-15(16)21(26)24-12-11-14-5-1-4-8-17(14)24/h1,4-5,8-10,15-16H,2-3,6-7,11-13H2/t15-,16+/m0/s1. The minimum absolute atomic E-state index is 0.00651. The van der Waals surface area contributed by atoms with Crippen molar-refractivity contribution >= 4 is 46.3 Å². The lowest BCUT2D eigenvalue weighted by atomic mass is 9.78. The lowest BCUT2D eigenvalue weighted by Gasteiger charge is -2.32. The van der Waals surface area contributed by atoms with Crippen LogP contribution >= 0.6 is 22.9 Å². The lowest BCUT2D eigenvalue weighted by molar-refractivity contribution is -0.153. The summed E-state index contributed by atoms with van der Waals surface area (Å²) in [7, 11) is 0. The van der Waals surface area contributed by atoms with Crippen molar-refractivity contribution in [2.75, 3.05) is 18.1 Å². The number of carbonyl (C=O) groups is 3. The van der Waals surface area contributed by atoms with Crippen LogP contribution < -0.4 is 4.90 Å². The molecule has 1 amide bonds. The summed E-state index contributed by atoms with van der Waals surface area (Å²) in [6.07, 6.45) is 3.92. The average molecular weight is 432 g/mol. The second-order valence-corrected chi connectivity index (χ2v) is 9.22. The van der Waals surface area contributed by atoms with Gasteiger partial charge in [0.2, 0.25) is 11.7 Å². The molecule has 1 aliphatic carbocycles. The van der Waals surface area contributed by atoms with Gasteiger partial charge in [-0.2, -0.15) is 0 Å². The van der Waals surface area contributed by atoms with Crippen LogP contribution in [0.5, 0.6) is 0 Å². The minimum atomic E-state index is -0.497. The molecule has 0 bridgehead atoms. The predicted octanol–water partition coefficient (Wildman–Crippen LogP) is 4.52. The number of halogens is 1. The smallest absolute Gasteiger partial charge is 0.310 e. The summed E-state index contributed by atoms with van der Waals surface area (Å²) in [5.41, 5.74) is 2.11. The van der Waals surface area contributed by atoms with Gasteiger partial charge in [0, 0.05) is 12.2 Å². The molecule has 1 aromatic carbocycles. The largest absolute Gasteiger partial charge is 0.457 e. The average Bonchev–Trinajstić information content (AvgIpc) is 3.37. The molecule has 0 saturated heterocycles. The number of Topliss-reactive ketones (excluding diaryl/α,β-unsaturated/α-hetero) is 1. The Labute approximate surface area is 178 Å². The van der Waals surface area contributed by atoms with Gasteiger partial charge in [0.05, 0.1) is 21.0 Å². The molecule has 152 valence electrons. The third-order valence-electron chi connectivity index (χ3n) is 5.73. The summed E-state index contributed by atoms with van der Waals surface area (Å²) >= 11 is 7.02. The number of nitrogens with zero attached hydrogens (tertiary/aromatic N) is 1. The number of anilines is 1. The molecule has 4 rings (SSSR count).